The van der Waals surface area contributed by atoms with Crippen LogP contribution in [0.15, 0.2) is 160 Å². The summed E-state index contributed by atoms with van der Waals surface area (Å²) < 4.78 is 15.6. The minimum Gasteiger partial charge on any atom is -0.455 e. The third-order valence-corrected chi connectivity index (χ3v) is 11.0. The van der Waals surface area contributed by atoms with Gasteiger partial charge in [-0.05, 0) is 35.9 Å². The van der Waals surface area contributed by atoms with E-state index in [9.17, 15) is 0 Å². The van der Waals surface area contributed by atoms with Gasteiger partial charge < -0.3 is 8.83 Å². The van der Waals surface area contributed by atoms with Gasteiger partial charge in [0.15, 0.2) is 17.5 Å². The van der Waals surface area contributed by atoms with Gasteiger partial charge in [0, 0.05) is 58.4 Å². The molecular weight excluding hydrogens is 647 g/mol. The number of aromatic nitrogens is 3. The van der Waals surface area contributed by atoms with Gasteiger partial charge in [0.2, 0.25) is 0 Å². The van der Waals surface area contributed by atoms with E-state index in [-0.39, 0.29) is 0 Å². The molecule has 0 spiro atoms. The van der Waals surface area contributed by atoms with Gasteiger partial charge in [0.1, 0.15) is 22.3 Å². The first kappa shape index (κ1) is 28.2. The zero-order chi connectivity index (χ0) is 33.5. The summed E-state index contributed by atoms with van der Waals surface area (Å²) in [4.78, 5) is 15.4. The molecule has 0 N–H and O–H groups in total. The third-order valence-electron chi connectivity index (χ3n) is 9.77. The number of hydrogen-bond donors (Lipinski definition) is 0. The molecule has 0 saturated heterocycles. The van der Waals surface area contributed by atoms with Crippen molar-refractivity contribution in [2.45, 2.75) is 0 Å². The van der Waals surface area contributed by atoms with Crippen LogP contribution in [0.5, 0.6) is 0 Å². The molecular formula is C45H25N3O2S. The fourth-order valence-corrected chi connectivity index (χ4v) is 8.68. The summed E-state index contributed by atoms with van der Waals surface area (Å²) in [7, 11) is 0. The van der Waals surface area contributed by atoms with Crippen molar-refractivity contribution in [2.24, 2.45) is 0 Å². The quantitative estimate of drug-likeness (QED) is 0.186. The summed E-state index contributed by atoms with van der Waals surface area (Å²) >= 11 is 1.77. The van der Waals surface area contributed by atoms with Gasteiger partial charge in [0.25, 0.3) is 0 Å². The Morgan fingerprint density at radius 2 is 0.941 bits per heavy atom. The Kier molecular flexibility index (Phi) is 6.05. The smallest absolute Gasteiger partial charge is 0.167 e. The van der Waals surface area contributed by atoms with Gasteiger partial charge in [-0.1, -0.05) is 121 Å². The first-order chi connectivity index (χ1) is 25.3. The lowest BCUT2D eigenvalue weighted by atomic mass is 9.97. The van der Waals surface area contributed by atoms with Crippen molar-refractivity contribution in [1.82, 2.24) is 15.0 Å². The first-order valence-corrected chi connectivity index (χ1v) is 17.7. The Labute approximate surface area is 295 Å². The summed E-state index contributed by atoms with van der Waals surface area (Å²) in [6.07, 6.45) is 0. The van der Waals surface area contributed by atoms with Crippen LogP contribution in [0.3, 0.4) is 0 Å². The number of para-hydroxylation sites is 3. The highest BCUT2D eigenvalue weighted by Crippen LogP contribution is 2.44. The molecule has 0 aliphatic carbocycles. The molecule has 0 fully saturated rings. The normalized spacial score (nSPS) is 11.9. The van der Waals surface area contributed by atoms with Crippen molar-refractivity contribution in [3.63, 3.8) is 0 Å². The molecule has 0 amide bonds. The largest absolute Gasteiger partial charge is 0.455 e. The predicted octanol–water partition coefficient (Wildman–Crippen LogP) is 12.7. The van der Waals surface area contributed by atoms with Crippen LogP contribution in [0.25, 0.3) is 109 Å². The van der Waals surface area contributed by atoms with Gasteiger partial charge in [-0.25, -0.2) is 15.0 Å². The summed E-state index contributed by atoms with van der Waals surface area (Å²) in [6, 6.07) is 52.0. The van der Waals surface area contributed by atoms with Crippen LogP contribution < -0.4 is 0 Å². The van der Waals surface area contributed by atoms with Crippen LogP contribution in [0, 0.1) is 0 Å². The summed E-state index contributed by atoms with van der Waals surface area (Å²) in [5, 5.41) is 6.64. The maximum Gasteiger partial charge on any atom is 0.167 e. The topological polar surface area (TPSA) is 65.0 Å². The molecule has 11 aromatic rings. The Hall–Kier alpha value is -6.63. The van der Waals surface area contributed by atoms with Crippen molar-refractivity contribution in [3.05, 3.63) is 152 Å². The first-order valence-electron chi connectivity index (χ1n) is 16.9. The lowest BCUT2D eigenvalue weighted by Crippen LogP contribution is -2.00. The number of benzene rings is 7. The van der Waals surface area contributed by atoms with Crippen molar-refractivity contribution in [3.8, 4) is 45.3 Å². The van der Waals surface area contributed by atoms with Crippen LogP contribution in [0.1, 0.15) is 0 Å². The summed E-state index contributed by atoms with van der Waals surface area (Å²) in [5.74, 6) is 1.79. The molecule has 11 rings (SSSR count). The molecule has 0 aliphatic heterocycles. The van der Waals surface area contributed by atoms with Crippen LogP contribution in [0.2, 0.25) is 0 Å². The molecule has 0 saturated carbocycles. The highest BCUT2D eigenvalue weighted by molar-refractivity contribution is 7.26. The lowest BCUT2D eigenvalue weighted by Gasteiger charge is -2.09. The molecule has 5 nitrogen and oxygen atoms in total. The van der Waals surface area contributed by atoms with E-state index < -0.39 is 0 Å². The molecule has 238 valence electrons. The van der Waals surface area contributed by atoms with Crippen molar-refractivity contribution < 1.29 is 8.83 Å². The van der Waals surface area contributed by atoms with Gasteiger partial charge in [0.05, 0.1) is 5.56 Å². The number of rotatable bonds is 4. The van der Waals surface area contributed by atoms with Gasteiger partial charge in [-0.15, -0.1) is 11.3 Å². The van der Waals surface area contributed by atoms with Crippen LogP contribution in [-0.2, 0) is 0 Å². The van der Waals surface area contributed by atoms with E-state index in [0.717, 1.165) is 76.4 Å². The number of thiophene rings is 1. The van der Waals surface area contributed by atoms with E-state index in [2.05, 4.69) is 91.0 Å². The average Bonchev–Trinajstić information content (AvgIpc) is 3.89. The molecule has 4 aromatic heterocycles. The second-order valence-electron chi connectivity index (χ2n) is 12.7. The van der Waals surface area contributed by atoms with Gasteiger partial charge >= 0.3 is 0 Å². The number of furan rings is 2. The highest BCUT2D eigenvalue weighted by Gasteiger charge is 2.22. The molecule has 0 atom stereocenters. The van der Waals surface area contributed by atoms with Crippen LogP contribution >= 0.6 is 11.3 Å². The van der Waals surface area contributed by atoms with Gasteiger partial charge in [-0.3, -0.25) is 0 Å². The third kappa shape index (κ3) is 4.30. The Morgan fingerprint density at radius 1 is 0.373 bits per heavy atom. The van der Waals surface area contributed by atoms with E-state index in [1.165, 1.54) is 15.5 Å². The second kappa shape index (κ2) is 10.9. The van der Waals surface area contributed by atoms with Crippen molar-refractivity contribution in [2.75, 3.05) is 0 Å². The monoisotopic (exact) mass is 671 g/mol. The van der Waals surface area contributed by atoms with E-state index in [4.69, 9.17) is 23.8 Å². The van der Waals surface area contributed by atoms with Crippen molar-refractivity contribution >= 4 is 75.4 Å². The average molecular weight is 672 g/mol. The zero-order valence-corrected chi connectivity index (χ0v) is 27.8. The molecule has 6 heteroatoms. The maximum absolute atomic E-state index is 6.74. The van der Waals surface area contributed by atoms with E-state index in [0.29, 0.717) is 17.5 Å². The molecule has 4 heterocycles. The van der Waals surface area contributed by atoms with Crippen LogP contribution in [-0.4, -0.2) is 15.0 Å². The lowest BCUT2D eigenvalue weighted by molar-refractivity contribution is 0.669. The molecule has 7 aromatic carbocycles. The Balaban J connectivity index is 1.16. The minimum absolute atomic E-state index is 0.558. The molecule has 0 aliphatic rings. The minimum atomic E-state index is 0.558. The Morgan fingerprint density at radius 3 is 1.82 bits per heavy atom. The Bertz CT molecular complexity index is 3160. The van der Waals surface area contributed by atoms with E-state index in [1.54, 1.807) is 11.3 Å². The molecule has 0 radical (unpaired) electrons. The molecule has 0 bridgehead atoms. The predicted molar refractivity (Wildman–Crippen MR) is 209 cm³/mol. The number of hydrogen-bond acceptors (Lipinski definition) is 6. The van der Waals surface area contributed by atoms with Crippen molar-refractivity contribution in [1.29, 1.82) is 0 Å². The zero-order valence-electron chi connectivity index (χ0n) is 27.0. The standard InChI is InChI=1S/C45H25N3O2S/c1-2-12-26(13-3-1)43-46-44(48-45(47-43)35-22-9-19-32-28-15-5-7-25-38(28)51-42(32)35)34-21-10-20-33-39-29(16-11-24-37(39)50-41(33)34)31-18-8-17-30-27-14-4-6-23-36(27)49-40(30)31/h1-25H. The maximum atomic E-state index is 6.74. The fraction of sp³-hybridized carbons (Fsp3) is 0. The van der Waals surface area contributed by atoms with Gasteiger partial charge in [-0.2, -0.15) is 0 Å². The number of nitrogens with zero attached hydrogens (tertiary/aromatic N) is 3. The highest BCUT2D eigenvalue weighted by atomic mass is 32.1. The van der Waals surface area contributed by atoms with E-state index >= 15 is 0 Å². The summed E-state index contributed by atoms with van der Waals surface area (Å²) in [6.45, 7) is 0. The molecule has 51 heavy (non-hydrogen) atoms. The summed E-state index contributed by atoms with van der Waals surface area (Å²) in [5.41, 5.74) is 8.03. The second-order valence-corrected chi connectivity index (χ2v) is 13.7. The van der Waals surface area contributed by atoms with E-state index in [1.807, 2.05) is 60.7 Å². The molecule has 0 unspecified atom stereocenters. The SMILES string of the molecule is c1ccc(-c2nc(-c3cccc4c3oc3cccc(-c5cccc6c5oc5ccccc56)c34)nc(-c3cccc4c3sc3ccccc34)n2)cc1. The van der Waals surface area contributed by atoms with Crippen LogP contribution in [0.4, 0.5) is 0 Å². The fourth-order valence-electron chi connectivity index (χ4n) is 7.46. The number of fused-ring (bicyclic) bond motifs is 9.